The average Bonchev–Trinajstić information content (AvgIpc) is 2.82. The van der Waals surface area contributed by atoms with Crippen LogP contribution in [0.15, 0.2) is 97.1 Å². The van der Waals surface area contributed by atoms with Crippen LogP contribution in [0.4, 0.5) is 13.2 Å². The summed E-state index contributed by atoms with van der Waals surface area (Å²) >= 11 is 0. The molecular formula is C28H19F3O. The first-order valence-corrected chi connectivity index (χ1v) is 10.2. The van der Waals surface area contributed by atoms with Crippen LogP contribution in [0.2, 0.25) is 0 Å². The van der Waals surface area contributed by atoms with Crippen LogP contribution < -0.4 is 4.74 Å². The molecule has 0 aliphatic heterocycles. The maximum atomic E-state index is 13.1. The van der Waals surface area contributed by atoms with Crippen LogP contribution in [0, 0.1) is 0 Å². The molecule has 5 aromatic carbocycles. The second kappa shape index (κ2) is 7.72. The number of methoxy groups -OCH3 is 1. The average molecular weight is 428 g/mol. The van der Waals surface area contributed by atoms with E-state index in [1.165, 1.54) is 0 Å². The van der Waals surface area contributed by atoms with E-state index in [2.05, 4.69) is 12.1 Å². The summed E-state index contributed by atoms with van der Waals surface area (Å²) in [6, 6.07) is 29.4. The Balaban J connectivity index is 1.84. The molecule has 0 N–H and O–H groups in total. The maximum Gasteiger partial charge on any atom is 0.416 e. The third-order valence-electron chi connectivity index (χ3n) is 5.81. The van der Waals surface area contributed by atoms with Gasteiger partial charge >= 0.3 is 6.18 Å². The molecule has 0 unspecified atom stereocenters. The third kappa shape index (κ3) is 3.38. The zero-order chi connectivity index (χ0) is 22.3. The first-order valence-electron chi connectivity index (χ1n) is 10.2. The molecule has 0 aliphatic carbocycles. The van der Waals surface area contributed by atoms with Gasteiger partial charge in [0.2, 0.25) is 0 Å². The van der Waals surface area contributed by atoms with E-state index >= 15 is 0 Å². The first kappa shape index (κ1) is 20.1. The predicted molar refractivity (Wildman–Crippen MR) is 124 cm³/mol. The highest BCUT2D eigenvalue weighted by Gasteiger charge is 2.30. The Morgan fingerprint density at radius 3 is 1.25 bits per heavy atom. The smallest absolute Gasteiger partial charge is 0.416 e. The number of fused-ring (bicyclic) bond motifs is 2. The molecular weight excluding hydrogens is 409 g/mol. The van der Waals surface area contributed by atoms with Crippen molar-refractivity contribution in [3.05, 3.63) is 103 Å². The first-order chi connectivity index (χ1) is 15.5. The number of benzene rings is 5. The lowest BCUT2D eigenvalue weighted by molar-refractivity contribution is -0.137. The highest BCUT2D eigenvalue weighted by molar-refractivity contribution is 6.21. The summed E-state index contributed by atoms with van der Waals surface area (Å²) in [6.07, 6.45) is -4.36. The molecule has 0 amide bonds. The van der Waals surface area contributed by atoms with Crippen LogP contribution >= 0.6 is 0 Å². The molecule has 0 bridgehead atoms. The van der Waals surface area contributed by atoms with Crippen molar-refractivity contribution >= 4 is 21.5 Å². The standard InChI is InChI=1S/C28H19F3O/c1-32-21-16-12-19(13-17-21)27-24-8-4-2-6-22(24)26(23-7-3-5-9-25(23)27)18-10-14-20(15-11-18)28(29,30)31/h2-17H,1H3. The van der Waals surface area contributed by atoms with E-state index in [0.717, 1.165) is 61.7 Å². The van der Waals surface area contributed by atoms with Gasteiger partial charge in [-0.2, -0.15) is 13.2 Å². The van der Waals surface area contributed by atoms with Crippen molar-refractivity contribution in [2.75, 3.05) is 7.11 Å². The molecule has 0 saturated heterocycles. The lowest BCUT2D eigenvalue weighted by Gasteiger charge is -2.18. The maximum absolute atomic E-state index is 13.1. The van der Waals surface area contributed by atoms with Gasteiger partial charge in [-0.15, -0.1) is 0 Å². The van der Waals surface area contributed by atoms with Crippen molar-refractivity contribution in [2.24, 2.45) is 0 Å². The van der Waals surface area contributed by atoms with Crippen molar-refractivity contribution in [3.63, 3.8) is 0 Å². The molecule has 0 aromatic heterocycles. The molecule has 4 heteroatoms. The van der Waals surface area contributed by atoms with E-state index in [9.17, 15) is 13.2 Å². The Morgan fingerprint density at radius 1 is 0.531 bits per heavy atom. The van der Waals surface area contributed by atoms with Gasteiger partial charge in [0.1, 0.15) is 5.75 Å². The second-order valence-corrected chi connectivity index (χ2v) is 7.64. The molecule has 0 saturated carbocycles. The quantitative estimate of drug-likeness (QED) is 0.262. The zero-order valence-electron chi connectivity index (χ0n) is 17.3. The summed E-state index contributed by atoms with van der Waals surface area (Å²) < 4.78 is 44.7. The number of hydrogen-bond donors (Lipinski definition) is 0. The topological polar surface area (TPSA) is 9.23 Å². The molecule has 1 nitrogen and oxygen atoms in total. The Bertz CT molecular complexity index is 1360. The van der Waals surface area contributed by atoms with Crippen molar-refractivity contribution < 1.29 is 17.9 Å². The SMILES string of the molecule is COc1ccc(-c2c3ccccc3c(-c3ccc(C(F)(F)F)cc3)c3ccccc23)cc1. The van der Waals surface area contributed by atoms with E-state index in [-0.39, 0.29) is 0 Å². The van der Waals surface area contributed by atoms with Crippen molar-refractivity contribution in [1.82, 2.24) is 0 Å². The fourth-order valence-corrected chi connectivity index (χ4v) is 4.33. The predicted octanol–water partition coefficient (Wildman–Crippen LogP) is 8.35. The van der Waals surface area contributed by atoms with Crippen LogP contribution in [0.25, 0.3) is 43.8 Å². The molecule has 0 spiro atoms. The van der Waals surface area contributed by atoms with Gasteiger partial charge in [-0.1, -0.05) is 72.8 Å². The van der Waals surface area contributed by atoms with Crippen LogP contribution in [-0.4, -0.2) is 7.11 Å². The summed E-state index contributed by atoms with van der Waals surface area (Å²) in [6.45, 7) is 0. The molecule has 0 heterocycles. The monoisotopic (exact) mass is 428 g/mol. The Labute approximate surface area is 183 Å². The molecule has 5 aromatic rings. The van der Waals surface area contributed by atoms with Gasteiger partial charge in [0.05, 0.1) is 12.7 Å². The van der Waals surface area contributed by atoms with Crippen LogP contribution in [0.1, 0.15) is 5.56 Å². The van der Waals surface area contributed by atoms with Gasteiger partial charge in [0.25, 0.3) is 0 Å². The zero-order valence-corrected chi connectivity index (χ0v) is 17.3. The van der Waals surface area contributed by atoms with E-state index in [0.29, 0.717) is 0 Å². The summed E-state index contributed by atoms with van der Waals surface area (Å²) in [5.41, 5.74) is 3.19. The number of alkyl halides is 3. The highest BCUT2D eigenvalue weighted by atomic mass is 19.4. The van der Waals surface area contributed by atoms with E-state index < -0.39 is 11.7 Å². The summed E-state index contributed by atoms with van der Waals surface area (Å²) in [5.74, 6) is 0.781. The highest BCUT2D eigenvalue weighted by Crippen LogP contribution is 2.44. The largest absolute Gasteiger partial charge is 0.497 e. The fourth-order valence-electron chi connectivity index (χ4n) is 4.33. The minimum absolute atomic E-state index is 0.648. The summed E-state index contributed by atoms with van der Waals surface area (Å²) in [7, 11) is 1.64. The molecule has 0 atom stereocenters. The van der Waals surface area contributed by atoms with E-state index in [4.69, 9.17) is 4.74 Å². The normalized spacial score (nSPS) is 11.8. The number of hydrogen-bond acceptors (Lipinski definition) is 1. The molecule has 0 radical (unpaired) electrons. The Morgan fingerprint density at radius 2 is 0.906 bits per heavy atom. The van der Waals surface area contributed by atoms with E-state index in [1.54, 1.807) is 19.2 Å². The number of ether oxygens (including phenoxy) is 1. The van der Waals surface area contributed by atoms with Gasteiger partial charge < -0.3 is 4.74 Å². The minimum atomic E-state index is -4.36. The second-order valence-electron chi connectivity index (χ2n) is 7.64. The Kier molecular flexibility index (Phi) is 4.86. The van der Waals surface area contributed by atoms with Crippen molar-refractivity contribution in [3.8, 4) is 28.0 Å². The fraction of sp³-hybridized carbons (Fsp3) is 0.0714. The van der Waals surface area contributed by atoms with Gasteiger partial charge in [-0.3, -0.25) is 0 Å². The van der Waals surface area contributed by atoms with Crippen molar-refractivity contribution in [2.45, 2.75) is 6.18 Å². The molecule has 158 valence electrons. The van der Waals surface area contributed by atoms with Gasteiger partial charge in [-0.05, 0) is 68.1 Å². The summed E-state index contributed by atoms with van der Waals surface area (Å²) in [4.78, 5) is 0. The van der Waals surface area contributed by atoms with Gasteiger partial charge in [0, 0.05) is 0 Å². The van der Waals surface area contributed by atoms with Crippen LogP contribution in [0.3, 0.4) is 0 Å². The molecule has 0 aliphatic rings. The van der Waals surface area contributed by atoms with Gasteiger partial charge in [0.15, 0.2) is 0 Å². The third-order valence-corrected chi connectivity index (χ3v) is 5.81. The molecule has 5 rings (SSSR count). The number of rotatable bonds is 3. The van der Waals surface area contributed by atoms with Crippen LogP contribution in [0.5, 0.6) is 5.75 Å². The molecule has 32 heavy (non-hydrogen) atoms. The lowest BCUT2D eigenvalue weighted by atomic mass is 9.86. The number of halogens is 3. The lowest BCUT2D eigenvalue weighted by Crippen LogP contribution is -2.04. The van der Waals surface area contributed by atoms with Gasteiger partial charge in [-0.25, -0.2) is 0 Å². The molecule has 0 fully saturated rings. The van der Waals surface area contributed by atoms with Crippen LogP contribution in [-0.2, 0) is 6.18 Å². The Hall–Kier alpha value is -3.79. The summed E-state index contributed by atoms with van der Waals surface area (Å²) in [5, 5.41) is 4.09. The van der Waals surface area contributed by atoms with Crippen molar-refractivity contribution in [1.29, 1.82) is 0 Å². The minimum Gasteiger partial charge on any atom is -0.497 e. The van der Waals surface area contributed by atoms with E-state index in [1.807, 2.05) is 60.7 Å².